The Morgan fingerprint density at radius 2 is 1.90 bits per heavy atom. The number of methoxy groups -OCH3 is 1. The summed E-state index contributed by atoms with van der Waals surface area (Å²) in [5.74, 6) is 1.52. The van der Waals surface area contributed by atoms with Gasteiger partial charge in [0.15, 0.2) is 11.5 Å². The highest BCUT2D eigenvalue weighted by Crippen LogP contribution is 2.31. The van der Waals surface area contributed by atoms with Crippen molar-refractivity contribution in [1.82, 2.24) is 0 Å². The van der Waals surface area contributed by atoms with Crippen molar-refractivity contribution in [3.63, 3.8) is 0 Å². The van der Waals surface area contributed by atoms with Gasteiger partial charge in [-0.2, -0.15) is 0 Å². The zero-order valence-corrected chi connectivity index (χ0v) is 13.1. The van der Waals surface area contributed by atoms with Gasteiger partial charge in [0, 0.05) is 17.8 Å². The molecule has 2 aromatic carbocycles. The van der Waals surface area contributed by atoms with Crippen molar-refractivity contribution in [1.29, 1.82) is 0 Å². The number of aryl methyl sites for hydroxylation is 1. The number of anilines is 1. The Balaban J connectivity index is 2.17. The second-order valence-electron chi connectivity index (χ2n) is 5.08. The molecule has 21 heavy (non-hydrogen) atoms. The highest BCUT2D eigenvalue weighted by Gasteiger charge is 2.09. The monoisotopic (exact) mass is 285 g/mol. The van der Waals surface area contributed by atoms with E-state index in [0.717, 1.165) is 17.2 Å². The summed E-state index contributed by atoms with van der Waals surface area (Å²) in [4.78, 5) is 0. The van der Waals surface area contributed by atoms with Gasteiger partial charge in [-0.05, 0) is 38.5 Å². The summed E-state index contributed by atoms with van der Waals surface area (Å²) in [6.07, 6.45) is 0. The van der Waals surface area contributed by atoms with Gasteiger partial charge in [0.1, 0.15) is 0 Å². The lowest BCUT2D eigenvalue weighted by Gasteiger charge is -2.18. The summed E-state index contributed by atoms with van der Waals surface area (Å²) >= 11 is 0. The summed E-state index contributed by atoms with van der Waals surface area (Å²) in [5.41, 5.74) is 3.56. The molecular formula is C18H23NO2. The average Bonchev–Trinajstić information content (AvgIpc) is 2.48. The Morgan fingerprint density at radius 1 is 1.10 bits per heavy atom. The van der Waals surface area contributed by atoms with E-state index in [-0.39, 0.29) is 6.04 Å². The molecule has 0 spiro atoms. The first-order valence-electron chi connectivity index (χ1n) is 7.28. The Bertz CT molecular complexity index is 596. The molecule has 3 nitrogen and oxygen atoms in total. The van der Waals surface area contributed by atoms with Gasteiger partial charge in [-0.15, -0.1) is 0 Å². The van der Waals surface area contributed by atoms with Crippen LogP contribution in [0.4, 0.5) is 5.69 Å². The fourth-order valence-electron chi connectivity index (χ4n) is 2.31. The first-order chi connectivity index (χ1) is 10.1. The maximum absolute atomic E-state index is 5.61. The minimum absolute atomic E-state index is 0.229. The molecule has 0 bridgehead atoms. The number of benzene rings is 2. The highest BCUT2D eigenvalue weighted by atomic mass is 16.5. The van der Waals surface area contributed by atoms with Crippen molar-refractivity contribution >= 4 is 5.69 Å². The Hall–Kier alpha value is -2.16. The van der Waals surface area contributed by atoms with Gasteiger partial charge in [0.2, 0.25) is 0 Å². The first-order valence-corrected chi connectivity index (χ1v) is 7.28. The quantitative estimate of drug-likeness (QED) is 0.843. The normalized spacial score (nSPS) is 11.8. The van der Waals surface area contributed by atoms with Crippen LogP contribution in [0.15, 0.2) is 42.5 Å². The lowest BCUT2D eigenvalue weighted by Crippen LogP contribution is -2.07. The SMILES string of the molecule is CCOc1cc(NC(C)c2cccc(C)c2)ccc1OC. The van der Waals surface area contributed by atoms with Gasteiger partial charge < -0.3 is 14.8 Å². The third kappa shape index (κ3) is 3.91. The summed E-state index contributed by atoms with van der Waals surface area (Å²) in [6.45, 7) is 6.85. The molecule has 2 aromatic rings. The largest absolute Gasteiger partial charge is 0.493 e. The van der Waals surface area contributed by atoms with Crippen LogP contribution in [0.5, 0.6) is 11.5 Å². The molecule has 112 valence electrons. The van der Waals surface area contributed by atoms with Crippen LogP contribution >= 0.6 is 0 Å². The molecule has 1 unspecified atom stereocenters. The Labute approximate surface area is 126 Å². The van der Waals surface area contributed by atoms with Crippen LogP contribution in [0, 0.1) is 6.92 Å². The summed E-state index contributed by atoms with van der Waals surface area (Å²) in [6, 6.07) is 14.7. The number of hydrogen-bond donors (Lipinski definition) is 1. The van der Waals surface area contributed by atoms with Crippen LogP contribution in [0.25, 0.3) is 0 Å². The van der Waals surface area contributed by atoms with Crippen molar-refractivity contribution in [2.75, 3.05) is 19.0 Å². The zero-order chi connectivity index (χ0) is 15.2. The van der Waals surface area contributed by atoms with Gasteiger partial charge in [0.25, 0.3) is 0 Å². The number of nitrogens with one attached hydrogen (secondary N) is 1. The van der Waals surface area contributed by atoms with E-state index < -0.39 is 0 Å². The van der Waals surface area contributed by atoms with Crippen LogP contribution in [0.2, 0.25) is 0 Å². The van der Waals surface area contributed by atoms with E-state index in [1.807, 2.05) is 25.1 Å². The maximum atomic E-state index is 5.61. The molecule has 0 saturated carbocycles. The zero-order valence-electron chi connectivity index (χ0n) is 13.1. The minimum Gasteiger partial charge on any atom is -0.493 e. The number of rotatable bonds is 6. The minimum atomic E-state index is 0.229. The van der Waals surface area contributed by atoms with Crippen LogP contribution in [0.3, 0.4) is 0 Å². The van der Waals surface area contributed by atoms with E-state index in [4.69, 9.17) is 9.47 Å². The molecule has 0 aromatic heterocycles. The fraction of sp³-hybridized carbons (Fsp3) is 0.333. The molecule has 0 aliphatic carbocycles. The highest BCUT2D eigenvalue weighted by molar-refractivity contribution is 5.55. The fourth-order valence-corrected chi connectivity index (χ4v) is 2.31. The predicted octanol–water partition coefficient (Wildman–Crippen LogP) is 4.58. The third-order valence-corrected chi connectivity index (χ3v) is 3.39. The molecule has 0 fully saturated rings. The van der Waals surface area contributed by atoms with Crippen LogP contribution in [-0.2, 0) is 0 Å². The van der Waals surface area contributed by atoms with Crippen LogP contribution in [0.1, 0.15) is 31.0 Å². The van der Waals surface area contributed by atoms with E-state index in [0.29, 0.717) is 6.61 Å². The first kappa shape index (κ1) is 15.2. The molecular weight excluding hydrogens is 262 g/mol. The van der Waals surface area contributed by atoms with Gasteiger partial charge in [-0.25, -0.2) is 0 Å². The van der Waals surface area contributed by atoms with E-state index in [9.17, 15) is 0 Å². The molecule has 0 aliphatic heterocycles. The smallest absolute Gasteiger partial charge is 0.163 e. The van der Waals surface area contributed by atoms with E-state index in [1.54, 1.807) is 7.11 Å². The molecule has 0 aliphatic rings. The van der Waals surface area contributed by atoms with Crippen molar-refractivity contribution in [2.45, 2.75) is 26.8 Å². The topological polar surface area (TPSA) is 30.5 Å². The van der Waals surface area contributed by atoms with Crippen LogP contribution in [-0.4, -0.2) is 13.7 Å². The standard InChI is InChI=1S/C18H23NO2/c1-5-21-18-12-16(9-10-17(18)20-4)19-14(3)15-8-6-7-13(2)11-15/h6-12,14,19H,5H2,1-4H3. The van der Waals surface area contributed by atoms with E-state index in [2.05, 4.69) is 43.4 Å². The lowest BCUT2D eigenvalue weighted by atomic mass is 10.1. The number of ether oxygens (including phenoxy) is 2. The molecule has 0 radical (unpaired) electrons. The van der Waals surface area contributed by atoms with Crippen molar-refractivity contribution < 1.29 is 9.47 Å². The van der Waals surface area contributed by atoms with Crippen molar-refractivity contribution in [2.24, 2.45) is 0 Å². The van der Waals surface area contributed by atoms with Gasteiger partial charge >= 0.3 is 0 Å². The van der Waals surface area contributed by atoms with Gasteiger partial charge in [0.05, 0.1) is 13.7 Å². The molecule has 3 heteroatoms. The second kappa shape index (κ2) is 7.02. The van der Waals surface area contributed by atoms with Gasteiger partial charge in [-0.1, -0.05) is 29.8 Å². The Morgan fingerprint density at radius 3 is 2.57 bits per heavy atom. The molecule has 1 N–H and O–H groups in total. The molecule has 0 amide bonds. The third-order valence-electron chi connectivity index (χ3n) is 3.39. The van der Waals surface area contributed by atoms with E-state index >= 15 is 0 Å². The molecule has 2 rings (SSSR count). The van der Waals surface area contributed by atoms with Crippen molar-refractivity contribution in [3.8, 4) is 11.5 Å². The molecule has 0 saturated heterocycles. The Kier molecular flexibility index (Phi) is 5.09. The number of hydrogen-bond acceptors (Lipinski definition) is 3. The average molecular weight is 285 g/mol. The molecule has 1 atom stereocenters. The van der Waals surface area contributed by atoms with Crippen LogP contribution < -0.4 is 14.8 Å². The maximum Gasteiger partial charge on any atom is 0.163 e. The lowest BCUT2D eigenvalue weighted by molar-refractivity contribution is 0.311. The summed E-state index contributed by atoms with van der Waals surface area (Å²) in [7, 11) is 1.65. The summed E-state index contributed by atoms with van der Waals surface area (Å²) < 4.78 is 10.9. The summed E-state index contributed by atoms with van der Waals surface area (Å²) in [5, 5.41) is 3.50. The molecule has 0 heterocycles. The second-order valence-corrected chi connectivity index (χ2v) is 5.08. The van der Waals surface area contributed by atoms with E-state index in [1.165, 1.54) is 11.1 Å². The van der Waals surface area contributed by atoms with Crippen molar-refractivity contribution in [3.05, 3.63) is 53.6 Å². The van der Waals surface area contributed by atoms with Gasteiger partial charge in [-0.3, -0.25) is 0 Å². The predicted molar refractivity (Wildman–Crippen MR) is 87.4 cm³/mol.